The average molecular weight is 248 g/mol. The lowest BCUT2D eigenvalue weighted by molar-refractivity contribution is -0.384. The fourth-order valence-electron chi connectivity index (χ4n) is 1.59. The number of aliphatic hydroxyl groups excluding tert-OH is 2. The second kappa shape index (κ2) is 4.40. The highest BCUT2D eigenvalue weighted by Crippen LogP contribution is 2.27. The first kappa shape index (κ1) is 12.0. The molecule has 3 N–H and O–H groups in total. The average Bonchev–Trinajstić information content (AvgIpc) is 2.79. The zero-order chi connectivity index (χ0) is 13.3. The summed E-state index contributed by atoms with van der Waals surface area (Å²) in [5.74, 6) is 0. The first-order chi connectivity index (χ1) is 8.54. The third-order valence-corrected chi connectivity index (χ3v) is 2.51. The van der Waals surface area contributed by atoms with Crippen molar-refractivity contribution in [3.8, 4) is 6.07 Å². The number of nitrogens with zero attached hydrogens (tertiary/aromatic N) is 3. The summed E-state index contributed by atoms with van der Waals surface area (Å²) in [4.78, 5) is 10.1. The molecule has 1 aromatic carbocycles. The molecule has 2 aromatic rings. The molecule has 0 aliphatic carbocycles. The number of nitro benzene ring substituents is 1. The van der Waals surface area contributed by atoms with E-state index in [9.17, 15) is 20.3 Å². The number of H-pyrrole nitrogens is 1. The summed E-state index contributed by atoms with van der Waals surface area (Å²) in [6, 6.07) is 5.40. The lowest BCUT2D eigenvalue weighted by Gasteiger charge is -2.09. The zero-order valence-corrected chi connectivity index (χ0v) is 8.94. The van der Waals surface area contributed by atoms with Crippen molar-refractivity contribution in [3.05, 3.63) is 34.0 Å². The highest BCUT2D eigenvalue weighted by Gasteiger charge is 2.23. The molecule has 0 spiro atoms. The van der Waals surface area contributed by atoms with Gasteiger partial charge in [0.25, 0.3) is 5.69 Å². The minimum absolute atomic E-state index is 0.0720. The number of hydrogen-bond acceptors (Lipinski definition) is 6. The van der Waals surface area contributed by atoms with Crippen LogP contribution in [0, 0.1) is 21.4 Å². The van der Waals surface area contributed by atoms with Gasteiger partial charge in [0.2, 0.25) is 0 Å². The second-order valence-electron chi connectivity index (χ2n) is 3.61. The maximum atomic E-state index is 10.6. The van der Waals surface area contributed by atoms with Crippen LogP contribution < -0.4 is 0 Å². The molecular formula is C10H8N4O4. The minimum atomic E-state index is -1.63. The Hall–Kier alpha value is -2.50. The van der Waals surface area contributed by atoms with E-state index in [0.717, 1.165) is 0 Å². The fourth-order valence-corrected chi connectivity index (χ4v) is 1.59. The van der Waals surface area contributed by atoms with Crippen LogP contribution in [0.15, 0.2) is 18.2 Å². The third-order valence-electron chi connectivity index (χ3n) is 2.51. The van der Waals surface area contributed by atoms with Gasteiger partial charge >= 0.3 is 0 Å². The Balaban J connectivity index is 2.55. The number of nitriles is 1. The summed E-state index contributed by atoms with van der Waals surface area (Å²) in [5.41, 5.74) is 0.311. The van der Waals surface area contributed by atoms with Gasteiger partial charge in [-0.05, 0) is 6.07 Å². The normalized spacial score (nSPS) is 14.1. The molecule has 0 radical (unpaired) electrons. The van der Waals surface area contributed by atoms with Crippen LogP contribution in [-0.2, 0) is 0 Å². The number of nitrogens with one attached hydrogen (secondary N) is 1. The maximum absolute atomic E-state index is 10.6. The number of benzene rings is 1. The van der Waals surface area contributed by atoms with Crippen LogP contribution in [0.5, 0.6) is 0 Å². The molecule has 1 heterocycles. The molecule has 0 saturated heterocycles. The van der Waals surface area contributed by atoms with E-state index >= 15 is 0 Å². The number of aliphatic hydroxyl groups is 2. The smallest absolute Gasteiger partial charge is 0.270 e. The summed E-state index contributed by atoms with van der Waals surface area (Å²) in [6.07, 6.45) is -3.13. The second-order valence-corrected chi connectivity index (χ2v) is 3.61. The molecular weight excluding hydrogens is 240 g/mol. The van der Waals surface area contributed by atoms with Crippen LogP contribution in [0.4, 0.5) is 5.69 Å². The molecule has 0 saturated carbocycles. The molecule has 2 unspecified atom stereocenters. The number of fused-ring (bicyclic) bond motifs is 1. The van der Waals surface area contributed by atoms with Crippen molar-refractivity contribution in [2.45, 2.75) is 12.2 Å². The van der Waals surface area contributed by atoms with Gasteiger partial charge in [-0.15, -0.1) is 0 Å². The van der Waals surface area contributed by atoms with Crippen molar-refractivity contribution in [2.24, 2.45) is 0 Å². The maximum Gasteiger partial charge on any atom is 0.270 e. The largest absolute Gasteiger partial charge is 0.383 e. The molecule has 8 nitrogen and oxygen atoms in total. The van der Waals surface area contributed by atoms with Crippen molar-refractivity contribution in [2.75, 3.05) is 0 Å². The van der Waals surface area contributed by atoms with Crippen molar-refractivity contribution in [1.29, 1.82) is 5.26 Å². The number of nitro groups is 1. The van der Waals surface area contributed by atoms with Crippen molar-refractivity contribution >= 4 is 16.6 Å². The van der Waals surface area contributed by atoms with E-state index < -0.39 is 17.1 Å². The lowest BCUT2D eigenvalue weighted by atomic mass is 10.1. The molecule has 18 heavy (non-hydrogen) atoms. The predicted molar refractivity (Wildman–Crippen MR) is 59.3 cm³/mol. The van der Waals surface area contributed by atoms with Gasteiger partial charge in [-0.25, -0.2) is 0 Å². The SMILES string of the molecule is N#CC(O)C(O)c1[nH]nc2ccc([N+](=O)[O-])cc12. The summed E-state index contributed by atoms with van der Waals surface area (Å²) in [7, 11) is 0. The van der Waals surface area contributed by atoms with Gasteiger partial charge in [-0.1, -0.05) is 0 Å². The van der Waals surface area contributed by atoms with Crippen LogP contribution in [0.1, 0.15) is 11.8 Å². The van der Waals surface area contributed by atoms with Gasteiger partial charge in [0.05, 0.1) is 22.2 Å². The van der Waals surface area contributed by atoms with Gasteiger partial charge in [0.1, 0.15) is 6.10 Å². The Morgan fingerprint density at radius 2 is 2.22 bits per heavy atom. The molecule has 2 rings (SSSR count). The van der Waals surface area contributed by atoms with Gasteiger partial charge in [0.15, 0.2) is 6.10 Å². The number of hydrogen-bond donors (Lipinski definition) is 3. The fraction of sp³-hybridized carbons (Fsp3) is 0.200. The van der Waals surface area contributed by atoms with Crippen LogP contribution in [0.3, 0.4) is 0 Å². The highest BCUT2D eigenvalue weighted by atomic mass is 16.6. The van der Waals surface area contributed by atoms with E-state index in [2.05, 4.69) is 10.2 Å². The molecule has 0 bridgehead atoms. The Labute approximate surface area is 100 Å². The van der Waals surface area contributed by atoms with Crippen molar-refractivity contribution in [3.63, 3.8) is 0 Å². The van der Waals surface area contributed by atoms with Crippen LogP contribution in [0.25, 0.3) is 10.9 Å². The van der Waals surface area contributed by atoms with Gasteiger partial charge in [0, 0.05) is 17.5 Å². The lowest BCUT2D eigenvalue weighted by Crippen LogP contribution is -2.16. The van der Waals surface area contributed by atoms with Crippen LogP contribution >= 0.6 is 0 Å². The first-order valence-electron chi connectivity index (χ1n) is 4.92. The predicted octanol–water partition coefficient (Wildman–Crippen LogP) is 0.389. The van der Waals surface area contributed by atoms with E-state index in [1.54, 1.807) is 0 Å². The van der Waals surface area contributed by atoms with E-state index in [1.165, 1.54) is 24.3 Å². The van der Waals surface area contributed by atoms with Gasteiger partial charge in [-0.2, -0.15) is 10.4 Å². The Morgan fingerprint density at radius 3 is 2.83 bits per heavy atom. The minimum Gasteiger partial charge on any atom is -0.383 e. The molecule has 0 fully saturated rings. The molecule has 8 heteroatoms. The molecule has 0 aliphatic rings. The zero-order valence-electron chi connectivity index (χ0n) is 8.94. The molecule has 92 valence electrons. The number of aromatic amines is 1. The highest BCUT2D eigenvalue weighted by molar-refractivity contribution is 5.84. The van der Waals surface area contributed by atoms with Gasteiger partial charge < -0.3 is 10.2 Å². The van der Waals surface area contributed by atoms with E-state index in [4.69, 9.17) is 5.26 Å². The number of rotatable bonds is 3. The van der Waals surface area contributed by atoms with E-state index in [-0.39, 0.29) is 11.4 Å². The van der Waals surface area contributed by atoms with Crippen LogP contribution in [-0.4, -0.2) is 31.4 Å². The molecule has 0 aliphatic heterocycles. The van der Waals surface area contributed by atoms with E-state index in [1.807, 2.05) is 0 Å². The third kappa shape index (κ3) is 1.88. The number of aromatic nitrogens is 2. The molecule has 0 amide bonds. The summed E-state index contributed by atoms with van der Waals surface area (Å²) < 4.78 is 0. The first-order valence-corrected chi connectivity index (χ1v) is 4.92. The Bertz CT molecular complexity index is 645. The van der Waals surface area contributed by atoms with Crippen LogP contribution in [0.2, 0.25) is 0 Å². The van der Waals surface area contributed by atoms with E-state index in [0.29, 0.717) is 10.9 Å². The standard InChI is InChI=1S/C10H8N4O4/c11-4-8(15)10(16)9-6-3-5(14(17)18)1-2-7(6)12-13-9/h1-3,8,10,15-16H,(H,12,13). The Morgan fingerprint density at radius 1 is 1.50 bits per heavy atom. The van der Waals surface area contributed by atoms with Crippen molar-refractivity contribution in [1.82, 2.24) is 10.2 Å². The summed E-state index contributed by atoms with van der Waals surface area (Å²) in [5, 5.41) is 44.7. The topological polar surface area (TPSA) is 136 Å². The summed E-state index contributed by atoms with van der Waals surface area (Å²) in [6.45, 7) is 0. The monoisotopic (exact) mass is 248 g/mol. The van der Waals surface area contributed by atoms with Gasteiger partial charge in [-0.3, -0.25) is 15.2 Å². The molecule has 2 atom stereocenters. The molecule has 1 aromatic heterocycles. The number of non-ortho nitro benzene ring substituents is 1. The quantitative estimate of drug-likeness (QED) is 0.408. The van der Waals surface area contributed by atoms with Crippen molar-refractivity contribution < 1.29 is 15.1 Å². The Kier molecular flexibility index (Phi) is 2.93. The summed E-state index contributed by atoms with van der Waals surface area (Å²) >= 11 is 0.